The SMILES string of the molecule is Cl.NC1Cc2ccccc2N(c2ccc(C(F)(F)F)cc2)C1=O. The van der Waals surface area contributed by atoms with Crippen LogP contribution < -0.4 is 10.6 Å². The first-order valence-corrected chi connectivity index (χ1v) is 6.72. The Kier molecular flexibility index (Phi) is 4.68. The first-order chi connectivity index (χ1) is 10.4. The lowest BCUT2D eigenvalue weighted by atomic mass is 9.97. The van der Waals surface area contributed by atoms with Gasteiger partial charge >= 0.3 is 6.18 Å². The molecular weight excluding hydrogens is 329 g/mol. The van der Waals surface area contributed by atoms with Gasteiger partial charge in [0.1, 0.15) is 0 Å². The summed E-state index contributed by atoms with van der Waals surface area (Å²) in [6.07, 6.45) is -3.98. The summed E-state index contributed by atoms with van der Waals surface area (Å²) in [5, 5.41) is 0. The molecule has 1 atom stereocenters. The second kappa shape index (κ2) is 6.22. The highest BCUT2D eigenvalue weighted by atomic mass is 35.5. The number of anilines is 2. The van der Waals surface area contributed by atoms with Crippen LogP contribution in [0.4, 0.5) is 24.5 Å². The van der Waals surface area contributed by atoms with E-state index in [2.05, 4.69) is 0 Å². The van der Waals surface area contributed by atoms with E-state index in [-0.39, 0.29) is 18.3 Å². The van der Waals surface area contributed by atoms with Gasteiger partial charge in [0.2, 0.25) is 5.91 Å². The molecular formula is C16H14ClF3N2O. The Hall–Kier alpha value is -2.05. The molecule has 122 valence electrons. The maximum Gasteiger partial charge on any atom is 0.416 e. The van der Waals surface area contributed by atoms with Gasteiger partial charge in [-0.1, -0.05) is 18.2 Å². The van der Waals surface area contributed by atoms with Gasteiger partial charge in [0.15, 0.2) is 0 Å². The molecule has 0 fully saturated rings. The Morgan fingerprint density at radius 2 is 1.65 bits per heavy atom. The van der Waals surface area contributed by atoms with E-state index in [0.29, 0.717) is 17.8 Å². The summed E-state index contributed by atoms with van der Waals surface area (Å²) in [5.74, 6) is -0.321. The molecule has 3 rings (SSSR count). The molecule has 0 radical (unpaired) electrons. The summed E-state index contributed by atoms with van der Waals surface area (Å²) < 4.78 is 37.9. The summed E-state index contributed by atoms with van der Waals surface area (Å²) in [5.41, 5.74) is 7.03. The van der Waals surface area contributed by atoms with Crippen LogP contribution in [0.1, 0.15) is 11.1 Å². The van der Waals surface area contributed by atoms with Crippen LogP contribution in [0.15, 0.2) is 48.5 Å². The average Bonchev–Trinajstić information content (AvgIpc) is 2.48. The Labute approximate surface area is 137 Å². The van der Waals surface area contributed by atoms with E-state index < -0.39 is 17.8 Å². The van der Waals surface area contributed by atoms with E-state index in [9.17, 15) is 18.0 Å². The van der Waals surface area contributed by atoms with Gasteiger partial charge in [0.05, 0.1) is 17.3 Å². The Bertz CT molecular complexity index is 716. The van der Waals surface area contributed by atoms with Crippen LogP contribution in [0, 0.1) is 0 Å². The van der Waals surface area contributed by atoms with Crippen molar-refractivity contribution in [2.75, 3.05) is 4.90 Å². The zero-order valence-electron chi connectivity index (χ0n) is 11.9. The number of hydrogen-bond acceptors (Lipinski definition) is 2. The van der Waals surface area contributed by atoms with Gasteiger partial charge in [-0.3, -0.25) is 9.69 Å². The van der Waals surface area contributed by atoms with Crippen LogP contribution in [0.25, 0.3) is 0 Å². The number of carbonyl (C=O) groups excluding carboxylic acids is 1. The van der Waals surface area contributed by atoms with Crippen molar-refractivity contribution in [2.45, 2.75) is 18.6 Å². The van der Waals surface area contributed by atoms with Gasteiger partial charge in [-0.25, -0.2) is 0 Å². The molecule has 23 heavy (non-hydrogen) atoms. The van der Waals surface area contributed by atoms with Crippen molar-refractivity contribution >= 4 is 29.7 Å². The minimum Gasteiger partial charge on any atom is -0.320 e. The van der Waals surface area contributed by atoms with Crippen molar-refractivity contribution in [3.05, 3.63) is 59.7 Å². The normalized spacial score (nSPS) is 17.5. The minimum atomic E-state index is -4.40. The predicted octanol–water partition coefficient (Wildman–Crippen LogP) is 3.68. The largest absolute Gasteiger partial charge is 0.416 e. The molecule has 0 aromatic heterocycles. The molecule has 7 heteroatoms. The molecule has 0 spiro atoms. The number of carbonyl (C=O) groups is 1. The highest BCUT2D eigenvalue weighted by Gasteiger charge is 2.33. The number of alkyl halides is 3. The quantitative estimate of drug-likeness (QED) is 0.859. The van der Waals surface area contributed by atoms with Crippen molar-refractivity contribution in [3.63, 3.8) is 0 Å². The average molecular weight is 343 g/mol. The van der Waals surface area contributed by atoms with Crippen LogP contribution in [-0.4, -0.2) is 11.9 Å². The molecule has 2 aromatic rings. The molecule has 0 saturated heterocycles. The number of rotatable bonds is 1. The summed E-state index contributed by atoms with van der Waals surface area (Å²) in [6.45, 7) is 0. The fraction of sp³-hybridized carbons (Fsp3) is 0.188. The number of hydrogen-bond donors (Lipinski definition) is 1. The van der Waals surface area contributed by atoms with Crippen molar-refractivity contribution in [1.82, 2.24) is 0 Å². The molecule has 0 aliphatic carbocycles. The van der Waals surface area contributed by atoms with E-state index in [1.165, 1.54) is 17.0 Å². The van der Waals surface area contributed by atoms with E-state index in [4.69, 9.17) is 5.73 Å². The zero-order chi connectivity index (χ0) is 15.9. The lowest BCUT2D eigenvalue weighted by Gasteiger charge is -2.32. The fourth-order valence-corrected chi connectivity index (χ4v) is 2.58. The molecule has 3 nitrogen and oxygen atoms in total. The fourth-order valence-electron chi connectivity index (χ4n) is 2.58. The van der Waals surface area contributed by atoms with Crippen molar-refractivity contribution in [1.29, 1.82) is 0 Å². The first-order valence-electron chi connectivity index (χ1n) is 6.72. The van der Waals surface area contributed by atoms with Gasteiger partial charge in [0.25, 0.3) is 0 Å². The minimum absolute atomic E-state index is 0. The van der Waals surface area contributed by atoms with E-state index in [0.717, 1.165) is 17.7 Å². The van der Waals surface area contributed by atoms with E-state index in [1.54, 1.807) is 12.1 Å². The second-order valence-electron chi connectivity index (χ2n) is 5.16. The zero-order valence-corrected chi connectivity index (χ0v) is 12.7. The molecule has 1 aliphatic rings. The summed E-state index contributed by atoms with van der Waals surface area (Å²) >= 11 is 0. The lowest BCUT2D eigenvalue weighted by molar-refractivity contribution is -0.137. The smallest absolute Gasteiger partial charge is 0.320 e. The van der Waals surface area contributed by atoms with Crippen LogP contribution in [0.3, 0.4) is 0 Å². The second-order valence-corrected chi connectivity index (χ2v) is 5.16. The summed E-state index contributed by atoms with van der Waals surface area (Å²) in [4.78, 5) is 13.7. The van der Waals surface area contributed by atoms with Gasteiger partial charge in [0, 0.05) is 5.69 Å². The number of nitrogens with zero attached hydrogens (tertiary/aromatic N) is 1. The standard InChI is InChI=1S/C16H13F3N2O.ClH/c17-16(18,19)11-5-7-12(8-6-11)21-14-4-2-1-3-10(14)9-13(20)15(21)22;/h1-8,13H,9,20H2;1H. The molecule has 1 unspecified atom stereocenters. The van der Waals surface area contributed by atoms with Gasteiger partial charge in [-0.2, -0.15) is 13.2 Å². The first kappa shape index (κ1) is 17.3. The van der Waals surface area contributed by atoms with Crippen LogP contribution in [-0.2, 0) is 17.4 Å². The number of fused-ring (bicyclic) bond motifs is 1. The lowest BCUT2D eigenvalue weighted by Crippen LogP contribution is -2.46. The third kappa shape index (κ3) is 3.18. The van der Waals surface area contributed by atoms with Crippen molar-refractivity contribution < 1.29 is 18.0 Å². The molecule has 2 aromatic carbocycles. The third-order valence-corrected chi connectivity index (χ3v) is 3.66. The van der Waals surface area contributed by atoms with Gasteiger partial charge in [-0.15, -0.1) is 12.4 Å². The molecule has 0 bridgehead atoms. The number of para-hydroxylation sites is 1. The third-order valence-electron chi connectivity index (χ3n) is 3.66. The number of benzene rings is 2. The number of amides is 1. The number of halogens is 4. The molecule has 2 N–H and O–H groups in total. The van der Waals surface area contributed by atoms with Crippen LogP contribution in [0.2, 0.25) is 0 Å². The van der Waals surface area contributed by atoms with Crippen LogP contribution >= 0.6 is 12.4 Å². The maximum absolute atomic E-state index is 12.6. The molecule has 0 saturated carbocycles. The van der Waals surface area contributed by atoms with Gasteiger partial charge in [-0.05, 0) is 42.3 Å². The highest BCUT2D eigenvalue weighted by Crippen LogP contribution is 2.36. The maximum atomic E-state index is 12.6. The van der Waals surface area contributed by atoms with Gasteiger partial charge < -0.3 is 5.73 Å². The van der Waals surface area contributed by atoms with Crippen molar-refractivity contribution in [3.8, 4) is 0 Å². The topological polar surface area (TPSA) is 46.3 Å². The molecule has 1 amide bonds. The van der Waals surface area contributed by atoms with Crippen LogP contribution in [0.5, 0.6) is 0 Å². The number of nitrogens with two attached hydrogens (primary N) is 1. The Morgan fingerprint density at radius 1 is 1.04 bits per heavy atom. The van der Waals surface area contributed by atoms with E-state index in [1.807, 2.05) is 12.1 Å². The monoisotopic (exact) mass is 342 g/mol. The summed E-state index contributed by atoms with van der Waals surface area (Å²) in [7, 11) is 0. The highest BCUT2D eigenvalue weighted by molar-refractivity contribution is 6.06. The molecule has 1 aliphatic heterocycles. The summed E-state index contributed by atoms with van der Waals surface area (Å²) in [6, 6.07) is 11.0. The Morgan fingerprint density at radius 3 is 2.26 bits per heavy atom. The molecule has 1 heterocycles. The Balaban J connectivity index is 0.00000192. The van der Waals surface area contributed by atoms with Crippen molar-refractivity contribution in [2.24, 2.45) is 5.73 Å². The van der Waals surface area contributed by atoms with E-state index >= 15 is 0 Å². The predicted molar refractivity (Wildman–Crippen MR) is 84.0 cm³/mol.